The van der Waals surface area contributed by atoms with Crippen molar-refractivity contribution in [2.75, 3.05) is 0 Å². The SMILES string of the molecule is Cc1[c-]cccc1.Cc1[c-]cccc1.[C-]1=CC=CC1.[C-]1=CC=CC1.[Zr+4]. The molecule has 124 valence electrons. The summed E-state index contributed by atoms with van der Waals surface area (Å²) >= 11 is 0. The normalized spacial score (nSPS) is 11.9. The zero-order valence-corrected chi connectivity index (χ0v) is 17.5. The number of aryl methyl sites for hydroxylation is 2. The third-order valence-corrected chi connectivity index (χ3v) is 2.90. The molecule has 2 aromatic carbocycles. The summed E-state index contributed by atoms with van der Waals surface area (Å²) < 4.78 is 0. The monoisotopic (exact) mass is 402 g/mol. The first-order valence-corrected chi connectivity index (χ1v) is 8.09. The summed E-state index contributed by atoms with van der Waals surface area (Å²) in [5.74, 6) is 0. The molecule has 2 aliphatic rings. The second kappa shape index (κ2) is 17.1. The molecule has 0 saturated carbocycles. The van der Waals surface area contributed by atoms with Crippen LogP contribution >= 0.6 is 0 Å². The van der Waals surface area contributed by atoms with Crippen LogP contribution in [0, 0.1) is 38.1 Å². The van der Waals surface area contributed by atoms with E-state index < -0.39 is 0 Å². The van der Waals surface area contributed by atoms with E-state index in [0.29, 0.717) is 0 Å². The van der Waals surface area contributed by atoms with Crippen molar-refractivity contribution in [3.8, 4) is 0 Å². The zero-order valence-electron chi connectivity index (χ0n) is 15.0. The summed E-state index contributed by atoms with van der Waals surface area (Å²) in [4.78, 5) is 0. The molecule has 1 heteroatoms. The molecule has 0 aromatic heterocycles. The molecule has 0 N–H and O–H groups in total. The molecule has 0 unspecified atom stereocenters. The van der Waals surface area contributed by atoms with Gasteiger partial charge in [0.25, 0.3) is 0 Å². The Balaban J connectivity index is 0.000000307. The van der Waals surface area contributed by atoms with E-state index in [1.807, 2.05) is 86.7 Å². The van der Waals surface area contributed by atoms with Crippen LogP contribution in [0.4, 0.5) is 0 Å². The van der Waals surface area contributed by atoms with Gasteiger partial charge in [-0.15, -0.1) is 12.8 Å². The van der Waals surface area contributed by atoms with E-state index in [2.05, 4.69) is 36.4 Å². The predicted octanol–water partition coefficient (Wildman–Crippen LogP) is 6.20. The van der Waals surface area contributed by atoms with Crippen LogP contribution in [-0.4, -0.2) is 0 Å². The van der Waals surface area contributed by atoms with Gasteiger partial charge < -0.3 is 0 Å². The van der Waals surface area contributed by atoms with Gasteiger partial charge in [-0.3, -0.25) is 12.2 Å². The number of hydrogen-bond donors (Lipinski definition) is 0. The minimum atomic E-state index is 0. The molecule has 0 aliphatic heterocycles. The molecule has 0 fully saturated rings. The summed E-state index contributed by atoms with van der Waals surface area (Å²) in [6.45, 7) is 4.06. The fourth-order valence-corrected chi connectivity index (χ4v) is 1.65. The molecule has 4 rings (SSSR count). The van der Waals surface area contributed by atoms with Gasteiger partial charge >= 0.3 is 26.2 Å². The van der Waals surface area contributed by atoms with Crippen LogP contribution in [0.3, 0.4) is 0 Å². The van der Waals surface area contributed by atoms with Crippen LogP contribution in [0.25, 0.3) is 0 Å². The fourth-order valence-electron chi connectivity index (χ4n) is 1.65. The molecule has 0 heterocycles. The van der Waals surface area contributed by atoms with Gasteiger partial charge in [0.1, 0.15) is 0 Å². The van der Waals surface area contributed by atoms with Crippen molar-refractivity contribution in [2.24, 2.45) is 0 Å². The molecule has 0 radical (unpaired) electrons. The van der Waals surface area contributed by atoms with Crippen LogP contribution < -0.4 is 0 Å². The van der Waals surface area contributed by atoms with E-state index in [9.17, 15) is 0 Å². The summed E-state index contributed by atoms with van der Waals surface area (Å²) in [6.07, 6.45) is 20.0. The van der Waals surface area contributed by atoms with E-state index in [1.54, 1.807) is 0 Å². The van der Waals surface area contributed by atoms with Gasteiger partial charge in [-0.1, -0.05) is 13.8 Å². The number of allylic oxidation sites excluding steroid dienone is 8. The number of benzene rings is 2. The Morgan fingerprint density at radius 1 is 0.680 bits per heavy atom. The third kappa shape index (κ3) is 15.5. The summed E-state index contributed by atoms with van der Waals surface area (Å²) in [5.41, 5.74) is 2.39. The zero-order chi connectivity index (χ0) is 17.3. The molecule has 0 nitrogen and oxygen atoms in total. The Hall–Kier alpha value is -1.72. The van der Waals surface area contributed by atoms with Crippen molar-refractivity contribution >= 4 is 0 Å². The quantitative estimate of drug-likeness (QED) is 0.459. The Bertz CT molecular complexity index is 555. The van der Waals surface area contributed by atoms with Gasteiger partial charge in [0.2, 0.25) is 0 Å². The van der Waals surface area contributed by atoms with Crippen molar-refractivity contribution in [1.82, 2.24) is 0 Å². The maximum absolute atomic E-state index is 3.03. The molecule has 0 bridgehead atoms. The molecule has 25 heavy (non-hydrogen) atoms. The van der Waals surface area contributed by atoms with Crippen molar-refractivity contribution in [1.29, 1.82) is 0 Å². The Morgan fingerprint density at radius 2 is 1.12 bits per heavy atom. The number of rotatable bonds is 0. The predicted molar refractivity (Wildman–Crippen MR) is 103 cm³/mol. The standard InChI is InChI=1S/2C7H7.2C5H5.Zr/c2*1-7-5-3-2-4-6-7;2*1-2-4-5-3-1;/h2*2-5H,1H3;2*1-3H,4H2;/q4*-1;+4. The smallest absolute Gasteiger partial charge is 0.273 e. The third-order valence-electron chi connectivity index (χ3n) is 2.90. The molecular formula is C24H24Zr. The first-order chi connectivity index (χ1) is 11.8. The maximum Gasteiger partial charge on any atom is 4.00 e. The molecule has 0 amide bonds. The van der Waals surface area contributed by atoms with E-state index in [0.717, 1.165) is 12.8 Å². The minimum absolute atomic E-state index is 0. The summed E-state index contributed by atoms with van der Waals surface area (Å²) in [5, 5.41) is 0. The van der Waals surface area contributed by atoms with Crippen LogP contribution in [0.5, 0.6) is 0 Å². The van der Waals surface area contributed by atoms with Gasteiger partial charge in [0.15, 0.2) is 0 Å². The maximum atomic E-state index is 3.03. The van der Waals surface area contributed by atoms with Gasteiger partial charge in [0, 0.05) is 0 Å². The average Bonchev–Trinajstić information content (AvgIpc) is 3.36. The van der Waals surface area contributed by atoms with Crippen LogP contribution in [0.15, 0.2) is 85.0 Å². The van der Waals surface area contributed by atoms with Gasteiger partial charge in [-0.05, 0) is 0 Å². The molecule has 0 atom stereocenters. The second-order valence-electron chi connectivity index (χ2n) is 5.10. The van der Waals surface area contributed by atoms with Crippen molar-refractivity contribution in [3.05, 3.63) is 120 Å². The van der Waals surface area contributed by atoms with E-state index in [-0.39, 0.29) is 26.2 Å². The molecular weight excluding hydrogens is 379 g/mol. The Kier molecular flexibility index (Phi) is 15.9. The van der Waals surface area contributed by atoms with Crippen LogP contribution in [-0.2, 0) is 26.2 Å². The minimum Gasteiger partial charge on any atom is -0.273 e. The molecule has 0 spiro atoms. The van der Waals surface area contributed by atoms with E-state index >= 15 is 0 Å². The molecule has 2 aliphatic carbocycles. The van der Waals surface area contributed by atoms with E-state index in [1.165, 1.54) is 11.1 Å². The second-order valence-corrected chi connectivity index (χ2v) is 5.10. The largest absolute Gasteiger partial charge is 4.00 e. The van der Waals surface area contributed by atoms with E-state index in [4.69, 9.17) is 0 Å². The summed E-state index contributed by atoms with van der Waals surface area (Å²) in [6, 6.07) is 21.9. The Morgan fingerprint density at radius 3 is 1.24 bits per heavy atom. The van der Waals surface area contributed by atoms with Crippen LogP contribution in [0.1, 0.15) is 24.0 Å². The number of hydrogen-bond acceptors (Lipinski definition) is 0. The van der Waals surface area contributed by atoms with Gasteiger partial charge in [-0.2, -0.15) is 83.9 Å². The van der Waals surface area contributed by atoms with Gasteiger partial charge in [0.05, 0.1) is 0 Å². The van der Waals surface area contributed by atoms with Crippen LogP contribution in [0.2, 0.25) is 0 Å². The first-order valence-electron chi connectivity index (χ1n) is 8.09. The Labute approximate surface area is 172 Å². The fraction of sp³-hybridized carbons (Fsp3) is 0.167. The molecule has 2 aromatic rings. The average molecular weight is 404 g/mol. The summed E-state index contributed by atoms with van der Waals surface area (Å²) in [7, 11) is 0. The topological polar surface area (TPSA) is 0 Å². The van der Waals surface area contributed by atoms with Crippen molar-refractivity contribution < 1.29 is 26.2 Å². The first kappa shape index (κ1) is 23.3. The van der Waals surface area contributed by atoms with Crippen molar-refractivity contribution in [3.63, 3.8) is 0 Å². The molecule has 0 saturated heterocycles. The van der Waals surface area contributed by atoms with Crippen molar-refractivity contribution in [2.45, 2.75) is 26.7 Å². The van der Waals surface area contributed by atoms with Gasteiger partial charge in [-0.25, -0.2) is 24.3 Å².